The molecule has 0 saturated carbocycles. The van der Waals surface area contributed by atoms with Crippen LogP contribution in [0.25, 0.3) is 22.6 Å². The number of ether oxygens (including phenoxy) is 3. The molecule has 0 atom stereocenters. The van der Waals surface area contributed by atoms with Gasteiger partial charge in [0, 0.05) is 44.5 Å². The second-order valence-corrected chi connectivity index (χ2v) is 13.7. The van der Waals surface area contributed by atoms with Gasteiger partial charge in [0.1, 0.15) is 17.0 Å². The Kier molecular flexibility index (Phi) is 19.6. The average Bonchev–Trinajstić information content (AvgIpc) is 3.49. The quantitative estimate of drug-likeness (QED) is 0.0751. The van der Waals surface area contributed by atoms with E-state index < -0.39 is 0 Å². The molecule has 0 N–H and O–H groups in total. The minimum absolute atomic E-state index is 0.604. The lowest BCUT2D eigenvalue weighted by molar-refractivity contribution is 0.116. The highest BCUT2D eigenvalue weighted by atomic mass is 16.5. The van der Waals surface area contributed by atoms with Gasteiger partial charge in [-0.1, -0.05) is 25.7 Å². The van der Waals surface area contributed by atoms with Crippen LogP contribution < -0.4 is 9.47 Å². The van der Waals surface area contributed by atoms with Gasteiger partial charge in [-0.2, -0.15) is 0 Å². The molecule has 1 aromatic heterocycles. The van der Waals surface area contributed by atoms with E-state index in [1.807, 2.05) is 42.5 Å². The molecule has 3 rings (SSSR count). The SMILES string of the molecule is CN(C)CCCCCCCCN(C)CCCOc1ccc(-c2nc3ccc(OCCCN(C)CCCOCCCN(C)C)cc3o2)cc1. The van der Waals surface area contributed by atoms with Crippen LogP contribution in [0.5, 0.6) is 11.5 Å². The lowest BCUT2D eigenvalue weighted by atomic mass is 10.1. The highest BCUT2D eigenvalue weighted by Crippen LogP contribution is 2.28. The predicted molar refractivity (Wildman–Crippen MR) is 200 cm³/mol. The van der Waals surface area contributed by atoms with Crippen molar-refractivity contribution in [3.05, 3.63) is 42.5 Å². The van der Waals surface area contributed by atoms with Gasteiger partial charge in [0.05, 0.1) is 13.2 Å². The maximum Gasteiger partial charge on any atom is 0.227 e. The first-order valence-electron chi connectivity index (χ1n) is 18.3. The van der Waals surface area contributed by atoms with Gasteiger partial charge in [-0.3, -0.25) is 0 Å². The zero-order valence-electron chi connectivity index (χ0n) is 31.1. The van der Waals surface area contributed by atoms with Gasteiger partial charge in [-0.25, -0.2) is 4.98 Å². The normalized spacial score (nSPS) is 12.0. The van der Waals surface area contributed by atoms with Gasteiger partial charge < -0.3 is 38.2 Å². The largest absolute Gasteiger partial charge is 0.494 e. The third-order valence-electron chi connectivity index (χ3n) is 8.48. The Morgan fingerprint density at radius 2 is 1.00 bits per heavy atom. The molecule has 2 aromatic carbocycles. The third kappa shape index (κ3) is 17.1. The van der Waals surface area contributed by atoms with Crippen molar-refractivity contribution < 1.29 is 18.6 Å². The molecule has 48 heavy (non-hydrogen) atoms. The first-order chi connectivity index (χ1) is 23.3. The summed E-state index contributed by atoms with van der Waals surface area (Å²) in [6.45, 7) is 9.56. The van der Waals surface area contributed by atoms with Crippen LogP contribution in [0.1, 0.15) is 64.2 Å². The molecule has 0 radical (unpaired) electrons. The minimum atomic E-state index is 0.604. The Morgan fingerprint density at radius 1 is 0.521 bits per heavy atom. The number of rotatable bonds is 28. The molecule has 0 unspecified atom stereocenters. The van der Waals surface area contributed by atoms with Crippen molar-refractivity contribution in [2.24, 2.45) is 0 Å². The number of unbranched alkanes of at least 4 members (excludes halogenated alkanes) is 5. The van der Waals surface area contributed by atoms with Gasteiger partial charge >= 0.3 is 0 Å². The molecular formula is C39H65N5O4. The van der Waals surface area contributed by atoms with Gasteiger partial charge in [0.25, 0.3) is 0 Å². The molecule has 0 aliphatic rings. The molecule has 0 aliphatic carbocycles. The van der Waals surface area contributed by atoms with E-state index in [0.717, 1.165) is 99.8 Å². The third-order valence-corrected chi connectivity index (χ3v) is 8.48. The van der Waals surface area contributed by atoms with Crippen LogP contribution in [-0.4, -0.2) is 133 Å². The molecule has 0 fully saturated rings. The fourth-order valence-electron chi connectivity index (χ4n) is 5.62. The number of benzene rings is 2. The molecule has 270 valence electrons. The molecule has 0 aliphatic heterocycles. The van der Waals surface area contributed by atoms with Crippen LogP contribution in [0.4, 0.5) is 0 Å². The highest BCUT2D eigenvalue weighted by molar-refractivity contribution is 5.77. The van der Waals surface area contributed by atoms with E-state index in [1.54, 1.807) is 0 Å². The smallest absolute Gasteiger partial charge is 0.227 e. The van der Waals surface area contributed by atoms with Crippen LogP contribution in [0.3, 0.4) is 0 Å². The van der Waals surface area contributed by atoms with Gasteiger partial charge in [0.15, 0.2) is 5.58 Å². The second kappa shape index (κ2) is 23.6. The van der Waals surface area contributed by atoms with Crippen LogP contribution in [0, 0.1) is 0 Å². The maximum absolute atomic E-state index is 6.11. The van der Waals surface area contributed by atoms with Crippen molar-refractivity contribution in [3.8, 4) is 23.0 Å². The Bertz CT molecular complexity index is 1230. The first kappa shape index (κ1) is 39.7. The minimum Gasteiger partial charge on any atom is -0.494 e. The number of aromatic nitrogens is 1. The van der Waals surface area contributed by atoms with Crippen molar-refractivity contribution in [3.63, 3.8) is 0 Å². The summed E-state index contributed by atoms with van der Waals surface area (Å²) in [5, 5.41) is 0. The van der Waals surface area contributed by atoms with E-state index in [9.17, 15) is 0 Å². The van der Waals surface area contributed by atoms with Gasteiger partial charge in [-0.05, 0) is 137 Å². The zero-order valence-corrected chi connectivity index (χ0v) is 31.1. The molecule has 0 spiro atoms. The summed E-state index contributed by atoms with van der Waals surface area (Å²) in [6.07, 6.45) is 12.1. The molecule has 0 amide bonds. The van der Waals surface area contributed by atoms with E-state index in [1.165, 1.54) is 45.1 Å². The summed E-state index contributed by atoms with van der Waals surface area (Å²) < 4.78 is 23.9. The number of hydrogen-bond acceptors (Lipinski definition) is 9. The maximum atomic E-state index is 6.11. The lowest BCUT2D eigenvalue weighted by Gasteiger charge is -2.16. The number of hydrogen-bond donors (Lipinski definition) is 0. The Hall–Kier alpha value is -2.69. The van der Waals surface area contributed by atoms with Crippen molar-refractivity contribution in [1.82, 2.24) is 24.6 Å². The first-order valence-corrected chi connectivity index (χ1v) is 18.3. The summed E-state index contributed by atoms with van der Waals surface area (Å²) >= 11 is 0. The number of oxazole rings is 1. The summed E-state index contributed by atoms with van der Waals surface area (Å²) in [5.74, 6) is 2.28. The van der Waals surface area contributed by atoms with Crippen molar-refractivity contribution in [2.45, 2.75) is 64.2 Å². The standard InChI is InChI=1S/C39H65N5O4/c1-41(2)23-11-9-7-8-10-12-25-43(5)27-15-31-46-35-19-17-34(18-20-35)39-40-37-22-21-36(33-38(37)48-39)47-32-16-28-44(6)26-14-30-45-29-13-24-42(3)4/h17-22,33H,7-16,23-32H2,1-6H3. The van der Waals surface area contributed by atoms with Crippen LogP contribution in [0.15, 0.2) is 46.9 Å². The van der Waals surface area contributed by atoms with E-state index in [2.05, 4.69) is 61.9 Å². The Morgan fingerprint density at radius 3 is 1.62 bits per heavy atom. The lowest BCUT2D eigenvalue weighted by Crippen LogP contribution is -2.23. The molecule has 1 heterocycles. The van der Waals surface area contributed by atoms with E-state index in [-0.39, 0.29) is 0 Å². The molecular weight excluding hydrogens is 602 g/mol. The number of fused-ring (bicyclic) bond motifs is 1. The van der Waals surface area contributed by atoms with Crippen LogP contribution in [-0.2, 0) is 4.74 Å². The summed E-state index contributed by atoms with van der Waals surface area (Å²) in [7, 11) is 12.9. The topological polar surface area (TPSA) is 66.7 Å². The highest BCUT2D eigenvalue weighted by Gasteiger charge is 2.10. The average molecular weight is 668 g/mol. The fraction of sp³-hybridized carbons (Fsp3) is 0.667. The molecule has 9 nitrogen and oxygen atoms in total. The fourth-order valence-corrected chi connectivity index (χ4v) is 5.62. The monoisotopic (exact) mass is 668 g/mol. The summed E-state index contributed by atoms with van der Waals surface area (Å²) in [5.41, 5.74) is 2.49. The van der Waals surface area contributed by atoms with E-state index >= 15 is 0 Å². The molecule has 3 aromatic rings. The van der Waals surface area contributed by atoms with Crippen LogP contribution in [0.2, 0.25) is 0 Å². The van der Waals surface area contributed by atoms with Gasteiger partial charge in [0.2, 0.25) is 5.89 Å². The predicted octanol–water partition coefficient (Wildman–Crippen LogP) is 7.16. The van der Waals surface area contributed by atoms with Crippen LogP contribution >= 0.6 is 0 Å². The Balaban J connectivity index is 1.27. The second-order valence-electron chi connectivity index (χ2n) is 13.7. The molecule has 0 bridgehead atoms. The summed E-state index contributed by atoms with van der Waals surface area (Å²) in [6, 6.07) is 13.9. The molecule has 9 heteroatoms. The zero-order chi connectivity index (χ0) is 34.4. The van der Waals surface area contributed by atoms with Gasteiger partial charge in [-0.15, -0.1) is 0 Å². The summed E-state index contributed by atoms with van der Waals surface area (Å²) in [4.78, 5) is 13.9. The van der Waals surface area contributed by atoms with E-state index in [4.69, 9.17) is 23.6 Å². The molecule has 0 saturated heterocycles. The van der Waals surface area contributed by atoms with E-state index in [0.29, 0.717) is 19.1 Å². The number of nitrogens with zero attached hydrogens (tertiary/aromatic N) is 5. The van der Waals surface area contributed by atoms with Crippen molar-refractivity contribution in [1.29, 1.82) is 0 Å². The Labute approximate surface area is 291 Å². The van der Waals surface area contributed by atoms with Crippen molar-refractivity contribution in [2.75, 3.05) is 108 Å². The van der Waals surface area contributed by atoms with Crippen molar-refractivity contribution >= 4 is 11.1 Å².